The molecule has 0 bridgehead atoms. The first-order valence-electron chi connectivity index (χ1n) is 9.40. The average molecular weight is 452 g/mol. The van der Waals surface area contributed by atoms with Crippen molar-refractivity contribution in [2.45, 2.75) is 11.3 Å². The summed E-state index contributed by atoms with van der Waals surface area (Å²) in [7, 11) is -3.96. The molecule has 0 aliphatic heterocycles. The van der Waals surface area contributed by atoms with Gasteiger partial charge in [0.05, 0.1) is 28.4 Å². The lowest BCUT2D eigenvalue weighted by Gasteiger charge is -2.14. The molecule has 0 atom stereocenters. The van der Waals surface area contributed by atoms with Gasteiger partial charge in [-0.2, -0.15) is 0 Å². The summed E-state index contributed by atoms with van der Waals surface area (Å²) in [6.07, 6.45) is 1.54. The van der Waals surface area contributed by atoms with Crippen molar-refractivity contribution in [1.82, 2.24) is 20.2 Å². The Morgan fingerprint density at radius 3 is 2.28 bits per heavy atom. The molecule has 4 aromatic rings. The molecule has 0 unspecified atom stereocenters. The molecule has 1 heterocycles. The first-order valence-corrected chi connectivity index (χ1v) is 10.9. The number of para-hydroxylation sites is 2. The fraction of sp³-hybridized carbons (Fsp3) is 0.0476. The summed E-state index contributed by atoms with van der Waals surface area (Å²) in [4.78, 5) is 12.5. The molecule has 3 aromatic carbocycles. The second-order valence-corrected chi connectivity index (χ2v) is 8.43. The van der Waals surface area contributed by atoms with E-state index in [1.165, 1.54) is 17.1 Å². The van der Waals surface area contributed by atoms with Crippen LogP contribution < -0.4 is 10.0 Å². The molecule has 0 saturated heterocycles. The van der Waals surface area contributed by atoms with E-state index in [1.807, 2.05) is 0 Å². The number of hydrogen-bond acceptors (Lipinski definition) is 6. The van der Waals surface area contributed by atoms with Crippen molar-refractivity contribution in [3.8, 4) is 5.69 Å². The number of carbonyl (C=O) groups excluding carboxylic acids is 1. The van der Waals surface area contributed by atoms with Gasteiger partial charge in [0.2, 0.25) is 5.91 Å². The summed E-state index contributed by atoms with van der Waals surface area (Å²) >= 11 is 0. The van der Waals surface area contributed by atoms with Crippen LogP contribution in [0.2, 0.25) is 0 Å². The predicted molar refractivity (Wildman–Crippen MR) is 115 cm³/mol. The van der Waals surface area contributed by atoms with Gasteiger partial charge in [0, 0.05) is 0 Å². The van der Waals surface area contributed by atoms with Gasteiger partial charge in [0.15, 0.2) is 0 Å². The van der Waals surface area contributed by atoms with Crippen molar-refractivity contribution < 1.29 is 17.6 Å². The largest absolute Gasteiger partial charge is 0.324 e. The van der Waals surface area contributed by atoms with E-state index in [0.717, 1.165) is 35.5 Å². The molecule has 11 heteroatoms. The van der Waals surface area contributed by atoms with Gasteiger partial charge in [-0.3, -0.25) is 9.52 Å². The highest BCUT2D eigenvalue weighted by Crippen LogP contribution is 2.25. The molecule has 4 rings (SSSR count). The molecule has 0 fully saturated rings. The van der Waals surface area contributed by atoms with Gasteiger partial charge in [-0.05, 0) is 64.5 Å². The normalized spacial score (nSPS) is 11.2. The Labute approximate surface area is 183 Å². The topological polar surface area (TPSA) is 119 Å². The van der Waals surface area contributed by atoms with E-state index in [2.05, 4.69) is 25.6 Å². The molecular weight excluding hydrogens is 435 g/mol. The Morgan fingerprint density at radius 2 is 1.62 bits per heavy atom. The number of anilines is 2. The van der Waals surface area contributed by atoms with Crippen LogP contribution in [0, 0.1) is 5.82 Å². The van der Waals surface area contributed by atoms with Crippen molar-refractivity contribution in [2.24, 2.45) is 0 Å². The van der Waals surface area contributed by atoms with Crippen molar-refractivity contribution in [3.63, 3.8) is 0 Å². The number of amides is 1. The summed E-state index contributed by atoms with van der Waals surface area (Å²) in [5.74, 6) is -0.865. The molecule has 32 heavy (non-hydrogen) atoms. The van der Waals surface area contributed by atoms with Crippen LogP contribution in [0.15, 0.2) is 84.0 Å². The Hall–Kier alpha value is -4.12. The van der Waals surface area contributed by atoms with Crippen molar-refractivity contribution in [2.75, 3.05) is 10.0 Å². The lowest BCUT2D eigenvalue weighted by Crippen LogP contribution is -2.18. The van der Waals surface area contributed by atoms with Crippen LogP contribution in [-0.2, 0) is 21.2 Å². The van der Waals surface area contributed by atoms with Gasteiger partial charge < -0.3 is 5.32 Å². The molecule has 0 aliphatic carbocycles. The number of sulfonamides is 1. The quantitative estimate of drug-likeness (QED) is 0.445. The number of halogens is 1. The smallest absolute Gasteiger partial charge is 0.261 e. The lowest BCUT2D eigenvalue weighted by molar-refractivity contribution is -0.115. The minimum Gasteiger partial charge on any atom is -0.324 e. The van der Waals surface area contributed by atoms with Gasteiger partial charge in [0.25, 0.3) is 10.0 Å². The van der Waals surface area contributed by atoms with Crippen molar-refractivity contribution >= 4 is 27.3 Å². The van der Waals surface area contributed by atoms with E-state index < -0.39 is 15.8 Å². The molecule has 0 radical (unpaired) electrons. The zero-order valence-electron chi connectivity index (χ0n) is 16.5. The fourth-order valence-electron chi connectivity index (χ4n) is 2.92. The number of carbonyl (C=O) groups is 1. The van der Waals surface area contributed by atoms with Gasteiger partial charge in [-0.1, -0.05) is 24.3 Å². The van der Waals surface area contributed by atoms with E-state index in [1.54, 1.807) is 42.5 Å². The number of benzene rings is 3. The number of nitrogens with zero attached hydrogens (tertiary/aromatic N) is 4. The Bertz CT molecular complexity index is 1320. The number of aromatic nitrogens is 4. The Kier molecular flexibility index (Phi) is 5.90. The van der Waals surface area contributed by atoms with E-state index in [9.17, 15) is 17.6 Å². The van der Waals surface area contributed by atoms with Gasteiger partial charge in [-0.25, -0.2) is 17.5 Å². The monoisotopic (exact) mass is 452 g/mol. The summed E-state index contributed by atoms with van der Waals surface area (Å²) < 4.78 is 42.2. The zero-order chi connectivity index (χ0) is 22.6. The average Bonchev–Trinajstić information content (AvgIpc) is 3.31. The maximum Gasteiger partial charge on any atom is 0.261 e. The van der Waals surface area contributed by atoms with Gasteiger partial charge in [0.1, 0.15) is 12.1 Å². The van der Waals surface area contributed by atoms with E-state index in [4.69, 9.17) is 0 Å². The predicted octanol–water partition coefficient (Wildman–Crippen LogP) is 2.78. The first-order chi connectivity index (χ1) is 15.4. The van der Waals surface area contributed by atoms with Crippen molar-refractivity contribution in [3.05, 3.63) is 90.5 Å². The third-order valence-electron chi connectivity index (χ3n) is 4.48. The molecular formula is C21H17FN6O3S. The molecule has 9 nitrogen and oxygen atoms in total. The fourth-order valence-corrected chi connectivity index (χ4v) is 4.00. The van der Waals surface area contributed by atoms with Crippen LogP contribution in [0.5, 0.6) is 0 Å². The number of hydrogen-bond donors (Lipinski definition) is 2. The minimum atomic E-state index is -3.96. The molecule has 0 aliphatic rings. The number of tetrazole rings is 1. The maximum atomic E-state index is 13.1. The summed E-state index contributed by atoms with van der Waals surface area (Å²) in [6.45, 7) is 0. The second-order valence-electron chi connectivity index (χ2n) is 6.75. The minimum absolute atomic E-state index is 0.0783. The standard InChI is InChI=1S/C21H17FN6O3S/c22-16-7-11-18(12-8-16)32(30,31)25-20-4-2-1-3-19(20)24-21(29)13-15-5-9-17(10-6-15)28-14-23-26-27-28/h1-12,14,25H,13H2,(H,24,29). The third-order valence-corrected chi connectivity index (χ3v) is 5.87. The molecule has 1 amide bonds. The highest BCUT2D eigenvalue weighted by atomic mass is 32.2. The van der Waals surface area contributed by atoms with Crippen LogP contribution in [0.25, 0.3) is 5.69 Å². The van der Waals surface area contributed by atoms with Crippen LogP contribution in [0.4, 0.5) is 15.8 Å². The van der Waals surface area contributed by atoms with E-state index in [0.29, 0.717) is 5.69 Å². The van der Waals surface area contributed by atoms with Crippen LogP contribution in [0.3, 0.4) is 0 Å². The Balaban J connectivity index is 1.45. The summed E-state index contributed by atoms with van der Waals surface area (Å²) in [5.41, 5.74) is 2.00. The number of rotatable bonds is 7. The van der Waals surface area contributed by atoms with Crippen LogP contribution >= 0.6 is 0 Å². The summed E-state index contributed by atoms with van der Waals surface area (Å²) in [6, 6.07) is 18.0. The van der Waals surface area contributed by atoms with Gasteiger partial charge >= 0.3 is 0 Å². The highest BCUT2D eigenvalue weighted by Gasteiger charge is 2.17. The summed E-state index contributed by atoms with van der Waals surface area (Å²) in [5, 5.41) is 13.7. The van der Waals surface area contributed by atoms with Crippen LogP contribution in [-0.4, -0.2) is 34.5 Å². The van der Waals surface area contributed by atoms with Gasteiger partial charge in [-0.15, -0.1) is 5.10 Å². The van der Waals surface area contributed by atoms with Crippen LogP contribution in [0.1, 0.15) is 5.56 Å². The molecule has 1 aromatic heterocycles. The SMILES string of the molecule is O=C(Cc1ccc(-n2cnnn2)cc1)Nc1ccccc1NS(=O)(=O)c1ccc(F)cc1. The molecule has 162 valence electrons. The maximum absolute atomic E-state index is 13.1. The lowest BCUT2D eigenvalue weighted by atomic mass is 10.1. The molecule has 2 N–H and O–H groups in total. The zero-order valence-corrected chi connectivity index (χ0v) is 17.3. The van der Waals surface area contributed by atoms with E-state index >= 15 is 0 Å². The molecule has 0 spiro atoms. The Morgan fingerprint density at radius 1 is 0.938 bits per heavy atom. The molecule has 0 saturated carbocycles. The third kappa shape index (κ3) is 4.95. The second kappa shape index (κ2) is 8.94. The van der Waals surface area contributed by atoms with E-state index in [-0.39, 0.29) is 22.9 Å². The number of nitrogens with one attached hydrogen (secondary N) is 2. The first kappa shape index (κ1) is 21.1. The van der Waals surface area contributed by atoms with Crippen molar-refractivity contribution in [1.29, 1.82) is 0 Å². The highest BCUT2D eigenvalue weighted by molar-refractivity contribution is 7.92.